The first-order valence-electron chi connectivity index (χ1n) is 9.00. The second-order valence-electron chi connectivity index (χ2n) is 6.53. The minimum Gasteiger partial charge on any atom is -0.206 e. The molecule has 0 N–H and O–H groups in total. The van der Waals surface area contributed by atoms with E-state index < -0.39 is 23.4 Å². The maximum absolute atomic E-state index is 14.8. The van der Waals surface area contributed by atoms with Gasteiger partial charge in [-0.1, -0.05) is 48.3 Å². The highest BCUT2D eigenvalue weighted by Crippen LogP contribution is 2.31. The molecule has 0 spiro atoms. The number of hydrogen-bond donors (Lipinski definition) is 0. The largest absolute Gasteiger partial charge is 0.419 e. The van der Waals surface area contributed by atoms with E-state index >= 15 is 0 Å². The second kappa shape index (κ2) is 8.48. The highest BCUT2D eigenvalue weighted by Gasteiger charge is 2.33. The van der Waals surface area contributed by atoms with Crippen LogP contribution in [0.3, 0.4) is 0 Å². The summed E-state index contributed by atoms with van der Waals surface area (Å²) in [6.07, 6.45) is 1.02. The molecular formula is C24H17F5. The van der Waals surface area contributed by atoms with Gasteiger partial charge in [0.15, 0.2) is 0 Å². The van der Waals surface area contributed by atoms with Crippen LogP contribution in [0.5, 0.6) is 0 Å². The normalized spacial score (nSPS) is 11.7. The summed E-state index contributed by atoms with van der Waals surface area (Å²) in [7, 11) is 0. The van der Waals surface area contributed by atoms with E-state index in [1.165, 1.54) is 6.07 Å². The van der Waals surface area contributed by atoms with Crippen LogP contribution in [-0.4, -0.2) is 0 Å². The molecule has 0 nitrogen and oxygen atoms in total. The molecule has 0 aliphatic heterocycles. The van der Waals surface area contributed by atoms with Crippen molar-refractivity contribution in [1.29, 1.82) is 0 Å². The summed E-state index contributed by atoms with van der Waals surface area (Å²) in [5, 5.41) is 1.15. The number of hydrogen-bond acceptors (Lipinski definition) is 0. The fraction of sp³-hybridized carbons (Fsp3) is 0.167. The topological polar surface area (TPSA) is 0 Å². The Morgan fingerprint density at radius 1 is 0.931 bits per heavy atom. The van der Waals surface area contributed by atoms with Crippen molar-refractivity contribution < 1.29 is 22.0 Å². The zero-order valence-corrected chi connectivity index (χ0v) is 15.6. The number of benzene rings is 3. The third-order valence-electron chi connectivity index (χ3n) is 4.47. The van der Waals surface area contributed by atoms with Crippen LogP contribution in [0.4, 0.5) is 22.0 Å². The predicted molar refractivity (Wildman–Crippen MR) is 104 cm³/mol. The van der Waals surface area contributed by atoms with Crippen LogP contribution in [0.2, 0.25) is 0 Å². The maximum atomic E-state index is 14.8. The molecule has 0 saturated heterocycles. The van der Waals surface area contributed by atoms with Crippen LogP contribution in [0.25, 0.3) is 10.8 Å². The Labute approximate surface area is 165 Å². The summed E-state index contributed by atoms with van der Waals surface area (Å²) in [6.45, 7) is 1.96. The number of halogens is 5. The summed E-state index contributed by atoms with van der Waals surface area (Å²) >= 11 is 0. The Bertz CT molecular complexity index is 1130. The monoisotopic (exact) mass is 400 g/mol. The van der Waals surface area contributed by atoms with Crippen LogP contribution in [0, 0.1) is 23.5 Å². The summed E-state index contributed by atoms with van der Waals surface area (Å²) in [6, 6.07) is 11.1. The average Bonchev–Trinajstić information content (AvgIpc) is 2.67. The molecule has 148 valence electrons. The Hall–Kier alpha value is -3.13. The van der Waals surface area contributed by atoms with Crippen molar-refractivity contribution in [2.45, 2.75) is 25.9 Å². The smallest absolute Gasteiger partial charge is 0.206 e. The van der Waals surface area contributed by atoms with Crippen LogP contribution in [0.15, 0.2) is 60.7 Å². The first kappa shape index (κ1) is 20.6. The molecule has 5 heteroatoms. The van der Waals surface area contributed by atoms with E-state index in [-0.39, 0.29) is 11.1 Å². The SMILES string of the molecule is C/C=C/CCc1ccc2c(F)c(C#Cc3ccc(C(F)(F)F)c(F)c3)ccc2c1. The molecule has 29 heavy (non-hydrogen) atoms. The van der Waals surface area contributed by atoms with Crippen molar-refractivity contribution in [2.24, 2.45) is 0 Å². The predicted octanol–water partition coefficient (Wildman–Crippen LogP) is 7.05. The minimum absolute atomic E-state index is 0.0364. The van der Waals surface area contributed by atoms with Crippen LogP contribution < -0.4 is 0 Å². The molecule has 0 heterocycles. The van der Waals surface area contributed by atoms with Gasteiger partial charge in [0.05, 0.1) is 11.1 Å². The van der Waals surface area contributed by atoms with Crippen molar-refractivity contribution >= 4 is 10.8 Å². The van der Waals surface area contributed by atoms with Gasteiger partial charge in [0.1, 0.15) is 11.6 Å². The van der Waals surface area contributed by atoms with Crippen molar-refractivity contribution in [1.82, 2.24) is 0 Å². The number of fused-ring (bicyclic) bond motifs is 1. The maximum Gasteiger partial charge on any atom is 0.419 e. The van der Waals surface area contributed by atoms with Gasteiger partial charge in [-0.05, 0) is 55.0 Å². The molecular weight excluding hydrogens is 383 g/mol. The van der Waals surface area contributed by atoms with Gasteiger partial charge in [-0.25, -0.2) is 8.78 Å². The first-order chi connectivity index (χ1) is 13.8. The van der Waals surface area contributed by atoms with Gasteiger partial charge in [-0.15, -0.1) is 0 Å². The number of aryl methyl sites for hydroxylation is 1. The van der Waals surface area contributed by atoms with Crippen molar-refractivity contribution in [3.8, 4) is 11.8 Å². The number of rotatable bonds is 3. The summed E-state index contributed by atoms with van der Waals surface area (Å²) < 4.78 is 66.3. The lowest BCUT2D eigenvalue weighted by molar-refractivity contribution is -0.140. The molecule has 0 aromatic heterocycles. The van der Waals surface area contributed by atoms with Gasteiger partial charge >= 0.3 is 6.18 Å². The fourth-order valence-corrected chi connectivity index (χ4v) is 2.97. The zero-order valence-electron chi connectivity index (χ0n) is 15.6. The Morgan fingerprint density at radius 2 is 1.72 bits per heavy atom. The molecule has 0 saturated carbocycles. The molecule has 0 amide bonds. The molecule has 0 unspecified atom stereocenters. The first-order valence-corrected chi connectivity index (χ1v) is 9.00. The van der Waals surface area contributed by atoms with Crippen molar-refractivity contribution in [3.63, 3.8) is 0 Å². The molecule has 0 radical (unpaired) electrons. The second-order valence-corrected chi connectivity index (χ2v) is 6.53. The summed E-state index contributed by atoms with van der Waals surface area (Å²) in [5.41, 5.74) is -0.131. The zero-order chi connectivity index (χ0) is 21.0. The van der Waals surface area contributed by atoms with Gasteiger partial charge in [0.25, 0.3) is 0 Å². The molecule has 3 aromatic carbocycles. The lowest BCUT2D eigenvalue weighted by Gasteiger charge is -2.07. The quantitative estimate of drug-likeness (QED) is 0.251. The highest BCUT2D eigenvalue weighted by atomic mass is 19.4. The minimum atomic E-state index is -4.77. The lowest BCUT2D eigenvalue weighted by atomic mass is 10.0. The van der Waals surface area contributed by atoms with Crippen LogP contribution >= 0.6 is 0 Å². The Kier molecular flexibility index (Phi) is 6.03. The fourth-order valence-electron chi connectivity index (χ4n) is 2.97. The average molecular weight is 400 g/mol. The van der Waals surface area contributed by atoms with Gasteiger partial charge in [0, 0.05) is 10.9 Å². The number of allylic oxidation sites excluding steroid dienone is 2. The standard InChI is InChI=1S/C24H17F5/c1-2-3-4-5-16-7-12-20-19(14-16)11-10-18(23(20)26)9-6-17-8-13-21(22(25)15-17)24(27,28)29/h2-3,7-8,10-15H,4-5H2,1H3/b3-2+. The molecule has 3 aromatic rings. The van der Waals surface area contributed by atoms with Crippen LogP contribution in [0.1, 0.15) is 35.6 Å². The van der Waals surface area contributed by atoms with Gasteiger partial charge < -0.3 is 0 Å². The highest BCUT2D eigenvalue weighted by molar-refractivity contribution is 5.85. The van der Waals surface area contributed by atoms with Crippen molar-refractivity contribution in [2.75, 3.05) is 0 Å². The summed E-state index contributed by atoms with van der Waals surface area (Å²) in [4.78, 5) is 0. The molecule has 3 rings (SSSR count). The van der Waals surface area contributed by atoms with Gasteiger partial charge in [-0.3, -0.25) is 0 Å². The van der Waals surface area contributed by atoms with E-state index in [9.17, 15) is 22.0 Å². The van der Waals surface area contributed by atoms with Gasteiger partial charge in [0.2, 0.25) is 0 Å². The number of alkyl halides is 3. The summed E-state index contributed by atoms with van der Waals surface area (Å²) in [5.74, 6) is 3.19. The van der Waals surface area contributed by atoms with E-state index in [0.717, 1.165) is 29.9 Å². The third-order valence-corrected chi connectivity index (χ3v) is 4.47. The molecule has 0 aliphatic rings. The van der Waals surface area contributed by atoms with E-state index in [2.05, 4.69) is 17.9 Å². The molecule has 0 aliphatic carbocycles. The van der Waals surface area contributed by atoms with Crippen molar-refractivity contribution in [3.05, 3.63) is 94.6 Å². The lowest BCUT2D eigenvalue weighted by Crippen LogP contribution is -2.07. The molecule has 0 fully saturated rings. The van der Waals surface area contributed by atoms with Crippen LogP contribution in [-0.2, 0) is 12.6 Å². The van der Waals surface area contributed by atoms with E-state index in [0.29, 0.717) is 17.5 Å². The molecule has 0 bridgehead atoms. The van der Waals surface area contributed by atoms with E-state index in [4.69, 9.17) is 0 Å². The van der Waals surface area contributed by atoms with E-state index in [1.807, 2.05) is 25.1 Å². The Morgan fingerprint density at radius 3 is 2.41 bits per heavy atom. The Balaban J connectivity index is 1.89. The van der Waals surface area contributed by atoms with E-state index in [1.54, 1.807) is 12.1 Å². The third kappa shape index (κ3) is 4.83. The molecule has 0 atom stereocenters. The van der Waals surface area contributed by atoms with Gasteiger partial charge in [-0.2, -0.15) is 13.2 Å².